The molecule has 0 aromatic carbocycles. The van der Waals surface area contributed by atoms with Gasteiger partial charge in [0.15, 0.2) is 5.13 Å². The summed E-state index contributed by atoms with van der Waals surface area (Å²) in [6.07, 6.45) is 7.29. The number of carbonyl (C=O) groups excluding carboxylic acids is 1. The molecule has 0 atom stereocenters. The summed E-state index contributed by atoms with van der Waals surface area (Å²) < 4.78 is 1.73. The van der Waals surface area contributed by atoms with Crippen LogP contribution in [0.3, 0.4) is 0 Å². The third-order valence-corrected chi connectivity index (χ3v) is 6.60. The lowest BCUT2D eigenvalue weighted by Gasteiger charge is -2.06. The molecule has 0 radical (unpaired) electrons. The summed E-state index contributed by atoms with van der Waals surface area (Å²) in [5.74, 6) is 0.475. The second-order valence-electron chi connectivity index (χ2n) is 8.04. The van der Waals surface area contributed by atoms with Crippen molar-refractivity contribution in [2.45, 2.75) is 72.6 Å². The van der Waals surface area contributed by atoms with E-state index in [9.17, 15) is 4.79 Å². The molecule has 0 unspecified atom stereocenters. The molecule has 8 heteroatoms. The molecule has 7 nitrogen and oxygen atoms in total. The van der Waals surface area contributed by atoms with Crippen LogP contribution in [-0.4, -0.2) is 30.6 Å². The second kappa shape index (κ2) is 8.63. The van der Waals surface area contributed by atoms with Crippen molar-refractivity contribution in [1.29, 1.82) is 0 Å². The van der Waals surface area contributed by atoms with Gasteiger partial charge in [-0.3, -0.25) is 4.79 Å². The van der Waals surface area contributed by atoms with Crippen molar-refractivity contribution in [3.8, 4) is 5.95 Å². The van der Waals surface area contributed by atoms with Crippen LogP contribution in [0.5, 0.6) is 0 Å². The van der Waals surface area contributed by atoms with Gasteiger partial charge in [0, 0.05) is 27.5 Å². The van der Waals surface area contributed by atoms with Crippen molar-refractivity contribution in [2.24, 2.45) is 0 Å². The summed E-state index contributed by atoms with van der Waals surface area (Å²) in [7, 11) is 0. The largest absolute Gasteiger partial charge is 0.302 e. The molecular formula is C22H28N6OS. The molecule has 0 fully saturated rings. The molecule has 1 N–H and O–H groups in total. The van der Waals surface area contributed by atoms with E-state index in [-0.39, 0.29) is 12.3 Å². The van der Waals surface area contributed by atoms with E-state index in [0.29, 0.717) is 11.1 Å². The van der Waals surface area contributed by atoms with Gasteiger partial charge in [0.2, 0.25) is 5.91 Å². The van der Waals surface area contributed by atoms with Crippen LogP contribution >= 0.6 is 11.3 Å². The molecular weight excluding hydrogens is 396 g/mol. The summed E-state index contributed by atoms with van der Waals surface area (Å²) in [5, 5.41) is 8.32. The lowest BCUT2D eigenvalue weighted by Crippen LogP contribution is -2.15. The zero-order valence-electron chi connectivity index (χ0n) is 18.1. The third kappa shape index (κ3) is 4.43. The van der Waals surface area contributed by atoms with Crippen LogP contribution < -0.4 is 5.32 Å². The molecule has 0 aliphatic heterocycles. The van der Waals surface area contributed by atoms with Crippen LogP contribution in [-0.2, 0) is 24.1 Å². The Morgan fingerprint density at radius 3 is 2.47 bits per heavy atom. The number of carbonyl (C=O) groups is 1. The monoisotopic (exact) mass is 424 g/mol. The number of thiazole rings is 1. The Labute approximate surface area is 181 Å². The molecule has 0 bridgehead atoms. The van der Waals surface area contributed by atoms with Crippen LogP contribution in [0.4, 0.5) is 5.13 Å². The van der Waals surface area contributed by atoms with E-state index < -0.39 is 0 Å². The SMILES string of the molecule is Cc1cc(C)nc(-n2nc(C)c(CC(=O)Nc3nc4c(s3)CCCCCC4)c2C)n1. The van der Waals surface area contributed by atoms with E-state index >= 15 is 0 Å². The zero-order chi connectivity index (χ0) is 21.3. The number of aryl methyl sites for hydroxylation is 5. The number of rotatable bonds is 4. The van der Waals surface area contributed by atoms with E-state index in [4.69, 9.17) is 4.98 Å². The van der Waals surface area contributed by atoms with Gasteiger partial charge in [-0.25, -0.2) is 19.6 Å². The average Bonchev–Trinajstić information content (AvgIpc) is 3.15. The maximum absolute atomic E-state index is 12.8. The second-order valence-corrected chi connectivity index (χ2v) is 9.12. The Hall–Kier alpha value is -2.61. The lowest BCUT2D eigenvalue weighted by molar-refractivity contribution is -0.115. The Balaban J connectivity index is 1.51. The van der Waals surface area contributed by atoms with Gasteiger partial charge in [0.1, 0.15) is 0 Å². The molecule has 3 aromatic heterocycles. The van der Waals surface area contributed by atoms with Crippen LogP contribution in [0, 0.1) is 27.7 Å². The van der Waals surface area contributed by atoms with Crippen LogP contribution in [0.1, 0.15) is 64.6 Å². The van der Waals surface area contributed by atoms with Crippen molar-refractivity contribution in [1.82, 2.24) is 24.7 Å². The number of nitrogens with zero attached hydrogens (tertiary/aromatic N) is 5. The summed E-state index contributed by atoms with van der Waals surface area (Å²) in [6, 6.07) is 1.93. The quantitative estimate of drug-likeness (QED) is 0.679. The average molecular weight is 425 g/mol. The Bertz CT molecular complexity index is 1040. The van der Waals surface area contributed by atoms with Gasteiger partial charge >= 0.3 is 0 Å². The molecule has 30 heavy (non-hydrogen) atoms. The number of aromatic nitrogens is 5. The fraction of sp³-hybridized carbons (Fsp3) is 0.500. The number of fused-ring (bicyclic) bond motifs is 1. The maximum atomic E-state index is 12.8. The fourth-order valence-electron chi connectivity index (χ4n) is 4.01. The maximum Gasteiger partial charge on any atom is 0.251 e. The van der Waals surface area contributed by atoms with Crippen LogP contribution in [0.15, 0.2) is 6.07 Å². The summed E-state index contributed by atoms with van der Waals surface area (Å²) in [6.45, 7) is 7.76. The first-order valence-electron chi connectivity index (χ1n) is 10.6. The van der Waals surface area contributed by atoms with Crippen molar-refractivity contribution in [3.05, 3.63) is 45.0 Å². The molecule has 158 valence electrons. The number of amides is 1. The first kappa shape index (κ1) is 20.7. The van der Waals surface area contributed by atoms with Gasteiger partial charge < -0.3 is 5.32 Å². The highest BCUT2D eigenvalue weighted by Crippen LogP contribution is 2.28. The first-order chi connectivity index (χ1) is 14.4. The molecule has 1 aliphatic rings. The fourth-order valence-corrected chi connectivity index (χ4v) is 5.08. The van der Waals surface area contributed by atoms with Crippen molar-refractivity contribution in [2.75, 3.05) is 5.32 Å². The standard InChI is InChI=1S/C22H28N6OS/c1-13-11-14(2)24-21(23-13)28-16(4)17(15(3)27-28)12-20(29)26-22-25-18-9-7-5-6-8-10-19(18)30-22/h11H,5-10,12H2,1-4H3,(H,25,26,29). The van der Waals surface area contributed by atoms with E-state index in [0.717, 1.165) is 41.2 Å². The van der Waals surface area contributed by atoms with E-state index in [1.807, 2.05) is 33.8 Å². The van der Waals surface area contributed by atoms with Crippen molar-refractivity contribution in [3.63, 3.8) is 0 Å². The molecule has 1 aliphatic carbocycles. The Morgan fingerprint density at radius 1 is 1.03 bits per heavy atom. The highest BCUT2D eigenvalue weighted by atomic mass is 32.1. The first-order valence-corrected chi connectivity index (χ1v) is 11.4. The van der Waals surface area contributed by atoms with E-state index in [1.54, 1.807) is 16.0 Å². The summed E-state index contributed by atoms with van der Waals surface area (Å²) in [5.41, 5.74) is 5.57. The topological polar surface area (TPSA) is 85.6 Å². The van der Waals surface area contributed by atoms with Crippen LogP contribution in [0.25, 0.3) is 5.95 Å². The summed E-state index contributed by atoms with van der Waals surface area (Å²) in [4.78, 5) is 27.8. The van der Waals surface area contributed by atoms with Gasteiger partial charge in [-0.05, 0) is 59.4 Å². The molecule has 3 aromatic rings. The molecule has 0 saturated carbocycles. The van der Waals surface area contributed by atoms with Gasteiger partial charge in [-0.2, -0.15) is 5.10 Å². The molecule has 1 amide bonds. The zero-order valence-corrected chi connectivity index (χ0v) is 18.9. The number of hydrogen-bond acceptors (Lipinski definition) is 6. The third-order valence-electron chi connectivity index (χ3n) is 5.53. The molecule has 0 saturated heterocycles. The normalized spacial score (nSPS) is 14.1. The molecule has 4 rings (SSSR count). The Morgan fingerprint density at radius 2 is 1.73 bits per heavy atom. The smallest absolute Gasteiger partial charge is 0.251 e. The minimum absolute atomic E-state index is 0.0659. The molecule has 0 spiro atoms. The van der Waals surface area contributed by atoms with Crippen molar-refractivity contribution >= 4 is 22.4 Å². The van der Waals surface area contributed by atoms with Crippen molar-refractivity contribution < 1.29 is 4.79 Å². The molecule has 3 heterocycles. The highest BCUT2D eigenvalue weighted by molar-refractivity contribution is 7.15. The van der Waals surface area contributed by atoms with E-state index in [2.05, 4.69) is 20.4 Å². The number of hydrogen-bond donors (Lipinski definition) is 1. The van der Waals surface area contributed by atoms with Gasteiger partial charge in [0.25, 0.3) is 5.95 Å². The van der Waals surface area contributed by atoms with Gasteiger partial charge in [-0.1, -0.05) is 12.8 Å². The van der Waals surface area contributed by atoms with Gasteiger partial charge in [-0.15, -0.1) is 11.3 Å². The summed E-state index contributed by atoms with van der Waals surface area (Å²) >= 11 is 1.63. The lowest BCUT2D eigenvalue weighted by atomic mass is 10.0. The predicted octanol–water partition coefficient (Wildman–Crippen LogP) is 4.19. The minimum Gasteiger partial charge on any atom is -0.302 e. The number of nitrogens with one attached hydrogen (secondary N) is 1. The van der Waals surface area contributed by atoms with E-state index in [1.165, 1.54) is 36.3 Å². The predicted molar refractivity (Wildman–Crippen MR) is 118 cm³/mol. The number of anilines is 1. The Kier molecular flexibility index (Phi) is 5.94. The minimum atomic E-state index is -0.0659. The highest BCUT2D eigenvalue weighted by Gasteiger charge is 2.19. The van der Waals surface area contributed by atoms with Gasteiger partial charge in [0.05, 0.1) is 17.8 Å². The van der Waals surface area contributed by atoms with Crippen LogP contribution in [0.2, 0.25) is 0 Å².